The molecule has 4 heteroatoms. The van der Waals surface area contributed by atoms with Crippen LogP contribution >= 0.6 is 0 Å². The molecule has 1 N–H and O–H groups in total. The van der Waals surface area contributed by atoms with Crippen LogP contribution in [0.15, 0.2) is 36.5 Å². The van der Waals surface area contributed by atoms with Crippen molar-refractivity contribution in [1.82, 2.24) is 4.98 Å². The van der Waals surface area contributed by atoms with Crippen LogP contribution in [-0.4, -0.2) is 18.0 Å². The fraction of sp³-hybridized carbons (Fsp3) is 0.200. The summed E-state index contributed by atoms with van der Waals surface area (Å²) >= 11 is 0. The largest absolute Gasteiger partial charge is 0.481 e. The predicted molar refractivity (Wildman–Crippen MR) is 74.7 cm³/mol. The Kier molecular flexibility index (Phi) is 3.80. The topological polar surface area (TPSA) is 51.2 Å². The summed E-state index contributed by atoms with van der Waals surface area (Å²) in [6.07, 6.45) is 1.55. The summed E-state index contributed by atoms with van der Waals surface area (Å²) in [6, 6.07) is 9.08. The molecule has 0 fully saturated rings. The highest BCUT2D eigenvalue weighted by molar-refractivity contribution is 6.04. The number of pyridine rings is 1. The van der Waals surface area contributed by atoms with Gasteiger partial charge in [0.25, 0.3) is 5.91 Å². The van der Waals surface area contributed by atoms with Crippen LogP contribution in [0.25, 0.3) is 0 Å². The van der Waals surface area contributed by atoms with Crippen molar-refractivity contribution in [3.8, 4) is 5.88 Å². The molecule has 0 aliphatic heterocycles. The summed E-state index contributed by atoms with van der Waals surface area (Å²) in [5.74, 6) is 0.247. The normalized spacial score (nSPS) is 10.1. The predicted octanol–water partition coefficient (Wildman–Crippen LogP) is 2.96. The Balaban J connectivity index is 2.18. The van der Waals surface area contributed by atoms with Gasteiger partial charge in [-0.25, -0.2) is 4.98 Å². The second-order valence-corrected chi connectivity index (χ2v) is 4.34. The summed E-state index contributed by atoms with van der Waals surface area (Å²) < 4.78 is 5.00. The van der Waals surface area contributed by atoms with Crippen molar-refractivity contribution in [1.29, 1.82) is 0 Å². The van der Waals surface area contributed by atoms with Crippen molar-refractivity contribution in [2.75, 3.05) is 12.4 Å². The van der Waals surface area contributed by atoms with Crippen LogP contribution in [0.5, 0.6) is 5.88 Å². The fourth-order valence-corrected chi connectivity index (χ4v) is 1.68. The molecule has 98 valence electrons. The van der Waals surface area contributed by atoms with Gasteiger partial charge in [0.05, 0.1) is 7.11 Å². The lowest BCUT2D eigenvalue weighted by molar-refractivity contribution is 0.102. The standard InChI is InChI=1S/C15H16N2O2/c1-10-4-5-13(8-11(10)2)17-15(18)12-6-7-16-14(9-12)19-3/h4-9H,1-3H3,(H,17,18). The van der Waals surface area contributed by atoms with Gasteiger partial charge in [0.1, 0.15) is 0 Å². The number of nitrogens with zero attached hydrogens (tertiary/aromatic N) is 1. The van der Waals surface area contributed by atoms with Gasteiger partial charge < -0.3 is 10.1 Å². The quantitative estimate of drug-likeness (QED) is 0.918. The number of amides is 1. The van der Waals surface area contributed by atoms with Crippen molar-refractivity contribution >= 4 is 11.6 Å². The lowest BCUT2D eigenvalue weighted by Gasteiger charge is -2.08. The summed E-state index contributed by atoms with van der Waals surface area (Å²) in [5, 5.41) is 2.86. The van der Waals surface area contributed by atoms with E-state index in [0.717, 1.165) is 11.3 Å². The van der Waals surface area contributed by atoms with E-state index in [4.69, 9.17) is 4.74 Å². The number of carbonyl (C=O) groups excluding carboxylic acids is 1. The van der Waals surface area contributed by atoms with E-state index in [9.17, 15) is 4.79 Å². The third-order valence-electron chi connectivity index (χ3n) is 2.97. The second kappa shape index (κ2) is 5.52. The molecule has 2 aromatic rings. The third-order valence-corrected chi connectivity index (χ3v) is 2.97. The number of benzene rings is 1. The van der Waals surface area contributed by atoms with Gasteiger partial charge in [-0.2, -0.15) is 0 Å². The van der Waals surface area contributed by atoms with Gasteiger partial charge in [0.2, 0.25) is 5.88 Å². The van der Waals surface area contributed by atoms with E-state index in [-0.39, 0.29) is 5.91 Å². The molecule has 0 aliphatic rings. The maximum Gasteiger partial charge on any atom is 0.255 e. The van der Waals surface area contributed by atoms with Crippen molar-refractivity contribution in [3.63, 3.8) is 0 Å². The minimum Gasteiger partial charge on any atom is -0.481 e. The smallest absolute Gasteiger partial charge is 0.255 e. The number of aryl methyl sites for hydroxylation is 2. The highest BCUT2D eigenvalue weighted by atomic mass is 16.5. The van der Waals surface area contributed by atoms with Crippen LogP contribution in [0.3, 0.4) is 0 Å². The molecular weight excluding hydrogens is 240 g/mol. The minimum absolute atomic E-state index is 0.177. The SMILES string of the molecule is COc1cc(C(=O)Nc2ccc(C)c(C)c2)ccn1. The van der Waals surface area contributed by atoms with Crippen molar-refractivity contribution in [3.05, 3.63) is 53.2 Å². The Morgan fingerprint density at radius 3 is 2.63 bits per heavy atom. The molecule has 2 rings (SSSR count). The zero-order chi connectivity index (χ0) is 13.8. The molecule has 4 nitrogen and oxygen atoms in total. The minimum atomic E-state index is -0.177. The Morgan fingerprint density at radius 2 is 1.95 bits per heavy atom. The van der Waals surface area contributed by atoms with Gasteiger partial charge in [-0.15, -0.1) is 0 Å². The monoisotopic (exact) mass is 256 g/mol. The zero-order valence-electron chi connectivity index (χ0n) is 11.2. The van der Waals surface area contributed by atoms with E-state index in [0.29, 0.717) is 11.4 Å². The molecule has 0 saturated heterocycles. The Hall–Kier alpha value is -2.36. The first-order valence-electron chi connectivity index (χ1n) is 5.99. The lowest BCUT2D eigenvalue weighted by Crippen LogP contribution is -2.12. The fourth-order valence-electron chi connectivity index (χ4n) is 1.68. The zero-order valence-corrected chi connectivity index (χ0v) is 11.2. The van der Waals surface area contributed by atoms with Crippen LogP contribution in [0.4, 0.5) is 5.69 Å². The Bertz CT molecular complexity index is 609. The highest BCUT2D eigenvalue weighted by Gasteiger charge is 2.08. The van der Waals surface area contributed by atoms with E-state index in [1.807, 2.05) is 32.0 Å². The first-order chi connectivity index (χ1) is 9.10. The average molecular weight is 256 g/mol. The number of methoxy groups -OCH3 is 1. The molecule has 0 aliphatic carbocycles. The molecule has 0 radical (unpaired) electrons. The number of anilines is 1. The molecule has 1 aromatic carbocycles. The molecule has 19 heavy (non-hydrogen) atoms. The molecule has 0 unspecified atom stereocenters. The Labute approximate surface area is 112 Å². The van der Waals surface area contributed by atoms with Crippen LogP contribution in [-0.2, 0) is 0 Å². The molecule has 0 spiro atoms. The van der Waals surface area contributed by atoms with Gasteiger partial charge in [0.15, 0.2) is 0 Å². The summed E-state index contributed by atoms with van der Waals surface area (Å²) in [4.78, 5) is 16.1. The highest BCUT2D eigenvalue weighted by Crippen LogP contribution is 2.16. The van der Waals surface area contributed by atoms with Gasteiger partial charge in [-0.3, -0.25) is 4.79 Å². The van der Waals surface area contributed by atoms with Crippen molar-refractivity contribution in [2.45, 2.75) is 13.8 Å². The number of hydrogen-bond acceptors (Lipinski definition) is 3. The van der Waals surface area contributed by atoms with Crippen LogP contribution in [0.1, 0.15) is 21.5 Å². The van der Waals surface area contributed by atoms with E-state index in [2.05, 4.69) is 10.3 Å². The van der Waals surface area contributed by atoms with E-state index in [1.165, 1.54) is 12.7 Å². The number of hydrogen-bond donors (Lipinski definition) is 1. The van der Waals surface area contributed by atoms with Gasteiger partial charge >= 0.3 is 0 Å². The summed E-state index contributed by atoms with van der Waals surface area (Å²) in [5.41, 5.74) is 3.64. The number of aromatic nitrogens is 1. The van der Waals surface area contributed by atoms with Crippen LogP contribution in [0.2, 0.25) is 0 Å². The number of ether oxygens (including phenoxy) is 1. The van der Waals surface area contributed by atoms with Gasteiger partial charge in [-0.05, 0) is 43.2 Å². The molecule has 0 saturated carbocycles. The maximum absolute atomic E-state index is 12.1. The molecule has 0 bridgehead atoms. The molecule has 1 heterocycles. The van der Waals surface area contributed by atoms with E-state index < -0.39 is 0 Å². The first-order valence-corrected chi connectivity index (χ1v) is 5.99. The van der Waals surface area contributed by atoms with Crippen molar-refractivity contribution < 1.29 is 9.53 Å². The molecule has 1 amide bonds. The van der Waals surface area contributed by atoms with Crippen LogP contribution in [0, 0.1) is 13.8 Å². The molecular formula is C15H16N2O2. The average Bonchev–Trinajstić information content (AvgIpc) is 2.43. The lowest BCUT2D eigenvalue weighted by atomic mass is 10.1. The van der Waals surface area contributed by atoms with E-state index in [1.54, 1.807) is 18.3 Å². The third kappa shape index (κ3) is 3.10. The second-order valence-electron chi connectivity index (χ2n) is 4.34. The number of nitrogens with one attached hydrogen (secondary N) is 1. The molecule has 1 aromatic heterocycles. The van der Waals surface area contributed by atoms with Gasteiger partial charge in [-0.1, -0.05) is 6.07 Å². The van der Waals surface area contributed by atoms with Crippen molar-refractivity contribution in [2.24, 2.45) is 0 Å². The number of rotatable bonds is 3. The van der Waals surface area contributed by atoms with E-state index >= 15 is 0 Å². The maximum atomic E-state index is 12.1. The number of carbonyl (C=O) groups is 1. The summed E-state index contributed by atoms with van der Waals surface area (Å²) in [6.45, 7) is 4.05. The Morgan fingerprint density at radius 1 is 1.16 bits per heavy atom. The summed E-state index contributed by atoms with van der Waals surface area (Å²) in [7, 11) is 1.52. The first kappa shape index (κ1) is 13.1. The molecule has 0 atom stereocenters. The van der Waals surface area contributed by atoms with Gasteiger partial charge in [0, 0.05) is 23.5 Å². The van der Waals surface area contributed by atoms with Crippen LogP contribution < -0.4 is 10.1 Å².